The molecular formula is C14H20BrN3O. The summed E-state index contributed by atoms with van der Waals surface area (Å²) in [6.07, 6.45) is 5.52. The van der Waals surface area contributed by atoms with Crippen molar-refractivity contribution in [3.63, 3.8) is 0 Å². The molecule has 0 bridgehead atoms. The third-order valence-corrected chi connectivity index (χ3v) is 3.79. The van der Waals surface area contributed by atoms with Gasteiger partial charge in [-0.05, 0) is 60.9 Å². The van der Waals surface area contributed by atoms with E-state index in [4.69, 9.17) is 0 Å². The minimum absolute atomic E-state index is 0.1000. The predicted molar refractivity (Wildman–Crippen MR) is 79.2 cm³/mol. The van der Waals surface area contributed by atoms with Gasteiger partial charge in [-0.3, -0.25) is 4.79 Å². The van der Waals surface area contributed by atoms with Crippen LogP contribution in [0.5, 0.6) is 0 Å². The first-order chi connectivity index (χ1) is 9.15. The van der Waals surface area contributed by atoms with Crippen molar-refractivity contribution in [3.8, 4) is 0 Å². The molecule has 1 aliphatic rings. The number of hydrogen-bond donors (Lipinski definition) is 1. The van der Waals surface area contributed by atoms with Crippen LogP contribution < -0.4 is 5.32 Å². The average molecular weight is 326 g/mol. The standard InChI is InChI=1S/C14H20BrN3O/c1-11(10-18-7-3-2-4-8-18)17-14(19)13-6-5-12(15)9-16-13/h5-6,9,11H,2-4,7-8,10H2,1H3,(H,17,19). The highest BCUT2D eigenvalue weighted by Gasteiger charge is 2.16. The Balaban J connectivity index is 1.82. The molecule has 0 saturated carbocycles. The molecule has 2 rings (SSSR count). The SMILES string of the molecule is CC(CN1CCCCC1)NC(=O)c1ccc(Br)cn1. The minimum Gasteiger partial charge on any atom is -0.347 e. The number of hydrogen-bond acceptors (Lipinski definition) is 3. The summed E-state index contributed by atoms with van der Waals surface area (Å²) in [5.41, 5.74) is 0.466. The maximum Gasteiger partial charge on any atom is 0.270 e. The average Bonchev–Trinajstić information content (AvgIpc) is 2.40. The quantitative estimate of drug-likeness (QED) is 0.924. The second-order valence-electron chi connectivity index (χ2n) is 5.10. The molecule has 1 aliphatic heterocycles. The zero-order valence-corrected chi connectivity index (χ0v) is 12.8. The van der Waals surface area contributed by atoms with E-state index < -0.39 is 0 Å². The first-order valence-corrected chi connectivity index (χ1v) is 7.59. The van der Waals surface area contributed by atoms with Crippen LogP contribution >= 0.6 is 15.9 Å². The van der Waals surface area contributed by atoms with E-state index in [2.05, 4.69) is 31.1 Å². The number of piperidine rings is 1. The van der Waals surface area contributed by atoms with E-state index >= 15 is 0 Å². The van der Waals surface area contributed by atoms with Crippen LogP contribution in [0.4, 0.5) is 0 Å². The largest absolute Gasteiger partial charge is 0.347 e. The number of nitrogens with one attached hydrogen (secondary N) is 1. The number of nitrogens with zero attached hydrogens (tertiary/aromatic N) is 2. The van der Waals surface area contributed by atoms with Crippen LogP contribution in [0.3, 0.4) is 0 Å². The summed E-state index contributed by atoms with van der Waals surface area (Å²) in [5.74, 6) is -0.1000. The molecular weight excluding hydrogens is 306 g/mol. The number of pyridine rings is 1. The van der Waals surface area contributed by atoms with Gasteiger partial charge >= 0.3 is 0 Å². The Labute approximate surface area is 122 Å². The molecule has 1 aromatic rings. The van der Waals surface area contributed by atoms with Crippen molar-refractivity contribution >= 4 is 21.8 Å². The highest BCUT2D eigenvalue weighted by atomic mass is 79.9. The topological polar surface area (TPSA) is 45.2 Å². The Hall–Kier alpha value is -0.940. The van der Waals surface area contributed by atoms with E-state index in [-0.39, 0.29) is 11.9 Å². The van der Waals surface area contributed by atoms with Gasteiger partial charge in [-0.1, -0.05) is 6.42 Å². The van der Waals surface area contributed by atoms with Gasteiger partial charge in [0.25, 0.3) is 5.91 Å². The van der Waals surface area contributed by atoms with E-state index in [0.29, 0.717) is 5.69 Å². The highest BCUT2D eigenvalue weighted by molar-refractivity contribution is 9.10. The van der Waals surface area contributed by atoms with Crippen molar-refractivity contribution in [3.05, 3.63) is 28.5 Å². The Morgan fingerprint density at radius 2 is 2.16 bits per heavy atom. The Morgan fingerprint density at radius 3 is 2.79 bits per heavy atom. The summed E-state index contributed by atoms with van der Waals surface area (Å²) in [6.45, 7) is 5.26. The molecule has 1 aromatic heterocycles. The van der Waals surface area contributed by atoms with E-state index in [1.165, 1.54) is 19.3 Å². The third kappa shape index (κ3) is 4.58. The molecule has 0 spiro atoms. The van der Waals surface area contributed by atoms with E-state index in [1.54, 1.807) is 12.3 Å². The van der Waals surface area contributed by atoms with Gasteiger partial charge in [0.2, 0.25) is 0 Å². The Bertz CT molecular complexity index is 415. The van der Waals surface area contributed by atoms with Crippen LogP contribution in [0, 0.1) is 0 Å². The lowest BCUT2D eigenvalue weighted by Gasteiger charge is -2.29. The lowest BCUT2D eigenvalue weighted by atomic mass is 10.1. The smallest absolute Gasteiger partial charge is 0.270 e. The third-order valence-electron chi connectivity index (χ3n) is 3.32. The normalized spacial score (nSPS) is 18.0. The molecule has 2 heterocycles. The summed E-state index contributed by atoms with van der Waals surface area (Å²) in [5, 5.41) is 3.00. The van der Waals surface area contributed by atoms with Gasteiger partial charge in [-0.2, -0.15) is 0 Å². The van der Waals surface area contributed by atoms with Gasteiger partial charge < -0.3 is 10.2 Å². The van der Waals surface area contributed by atoms with Crippen molar-refractivity contribution in [2.45, 2.75) is 32.2 Å². The molecule has 104 valence electrons. The van der Waals surface area contributed by atoms with Crippen LogP contribution in [0.15, 0.2) is 22.8 Å². The lowest BCUT2D eigenvalue weighted by Crippen LogP contribution is -2.43. The zero-order valence-electron chi connectivity index (χ0n) is 11.2. The van der Waals surface area contributed by atoms with Crippen molar-refractivity contribution in [1.29, 1.82) is 0 Å². The molecule has 1 saturated heterocycles. The summed E-state index contributed by atoms with van der Waals surface area (Å²) < 4.78 is 0.880. The summed E-state index contributed by atoms with van der Waals surface area (Å²) in [4.78, 5) is 18.5. The first-order valence-electron chi connectivity index (χ1n) is 6.80. The van der Waals surface area contributed by atoms with E-state index in [9.17, 15) is 4.79 Å². The number of aromatic nitrogens is 1. The summed E-state index contributed by atoms with van der Waals surface area (Å²) >= 11 is 3.31. The monoisotopic (exact) mass is 325 g/mol. The van der Waals surface area contributed by atoms with Gasteiger partial charge in [-0.25, -0.2) is 4.98 Å². The fourth-order valence-electron chi connectivity index (χ4n) is 2.38. The molecule has 1 N–H and O–H groups in total. The van der Waals surface area contributed by atoms with Gasteiger partial charge in [0.05, 0.1) is 0 Å². The molecule has 0 aromatic carbocycles. The van der Waals surface area contributed by atoms with Crippen molar-refractivity contribution < 1.29 is 4.79 Å². The Morgan fingerprint density at radius 1 is 1.42 bits per heavy atom. The van der Waals surface area contributed by atoms with Gasteiger partial charge in [0, 0.05) is 23.3 Å². The number of amides is 1. The number of carbonyl (C=O) groups excluding carboxylic acids is 1. The van der Waals surface area contributed by atoms with Crippen LogP contribution in [0.1, 0.15) is 36.7 Å². The maximum atomic E-state index is 12.0. The molecule has 1 atom stereocenters. The minimum atomic E-state index is -0.1000. The molecule has 19 heavy (non-hydrogen) atoms. The van der Waals surface area contributed by atoms with E-state index in [1.807, 2.05) is 13.0 Å². The Kier molecular flexibility index (Phi) is 5.34. The van der Waals surface area contributed by atoms with Gasteiger partial charge in [-0.15, -0.1) is 0 Å². The van der Waals surface area contributed by atoms with Crippen molar-refractivity contribution in [1.82, 2.24) is 15.2 Å². The maximum absolute atomic E-state index is 12.0. The molecule has 4 nitrogen and oxygen atoms in total. The molecule has 1 fully saturated rings. The van der Waals surface area contributed by atoms with Crippen LogP contribution in [0.25, 0.3) is 0 Å². The molecule has 1 amide bonds. The number of halogens is 1. The number of rotatable bonds is 4. The molecule has 1 unspecified atom stereocenters. The van der Waals surface area contributed by atoms with Crippen LogP contribution in [-0.2, 0) is 0 Å². The number of carbonyl (C=O) groups is 1. The fraction of sp³-hybridized carbons (Fsp3) is 0.571. The van der Waals surface area contributed by atoms with E-state index in [0.717, 1.165) is 24.1 Å². The van der Waals surface area contributed by atoms with Crippen molar-refractivity contribution in [2.24, 2.45) is 0 Å². The number of likely N-dealkylation sites (tertiary alicyclic amines) is 1. The highest BCUT2D eigenvalue weighted by Crippen LogP contribution is 2.10. The summed E-state index contributed by atoms with van der Waals surface area (Å²) in [7, 11) is 0. The molecule has 0 aliphatic carbocycles. The van der Waals surface area contributed by atoms with Crippen LogP contribution in [-0.4, -0.2) is 41.5 Å². The van der Waals surface area contributed by atoms with Crippen LogP contribution in [0.2, 0.25) is 0 Å². The molecule has 0 radical (unpaired) electrons. The second kappa shape index (κ2) is 7.01. The predicted octanol–water partition coefficient (Wildman–Crippen LogP) is 2.45. The van der Waals surface area contributed by atoms with Gasteiger partial charge in [0.15, 0.2) is 0 Å². The van der Waals surface area contributed by atoms with Crippen molar-refractivity contribution in [2.75, 3.05) is 19.6 Å². The lowest BCUT2D eigenvalue weighted by molar-refractivity contribution is 0.0920. The zero-order chi connectivity index (χ0) is 13.7. The fourth-order valence-corrected chi connectivity index (χ4v) is 2.62. The first kappa shape index (κ1) is 14.5. The molecule has 5 heteroatoms. The van der Waals surface area contributed by atoms with Gasteiger partial charge in [0.1, 0.15) is 5.69 Å². The second-order valence-corrected chi connectivity index (χ2v) is 6.01. The summed E-state index contributed by atoms with van der Waals surface area (Å²) in [6, 6.07) is 3.71.